The van der Waals surface area contributed by atoms with E-state index < -0.39 is 11.2 Å². The summed E-state index contributed by atoms with van der Waals surface area (Å²) in [6.45, 7) is 5.94. The van der Waals surface area contributed by atoms with Crippen molar-refractivity contribution in [2.24, 2.45) is 0 Å². The fraction of sp³-hybridized carbons (Fsp3) is 0.263. The largest absolute Gasteiger partial charge is 0.496 e. The number of aliphatic hydroxyl groups is 1. The van der Waals surface area contributed by atoms with Gasteiger partial charge in [-0.2, -0.15) is 0 Å². The summed E-state index contributed by atoms with van der Waals surface area (Å²) in [4.78, 5) is 0. The molecular formula is C19H20O3. The molecule has 3 heteroatoms. The van der Waals surface area contributed by atoms with Crippen LogP contribution in [0.25, 0.3) is 0 Å². The van der Waals surface area contributed by atoms with Crippen LogP contribution in [0.15, 0.2) is 60.7 Å². The van der Waals surface area contributed by atoms with Crippen LogP contribution in [0.1, 0.15) is 23.6 Å². The molecule has 1 aliphatic carbocycles. The number of hydrogen-bond donors (Lipinski definition) is 1. The van der Waals surface area contributed by atoms with E-state index in [-0.39, 0.29) is 0 Å². The van der Waals surface area contributed by atoms with Crippen LogP contribution in [0, 0.1) is 0 Å². The Balaban J connectivity index is 2.36. The fourth-order valence-corrected chi connectivity index (χ4v) is 3.66. The molecule has 114 valence electrons. The summed E-state index contributed by atoms with van der Waals surface area (Å²) in [7, 11) is 3.21. The molecule has 3 rings (SSSR count). The van der Waals surface area contributed by atoms with E-state index in [1.54, 1.807) is 14.2 Å². The Kier molecular flexibility index (Phi) is 3.35. The molecule has 0 bridgehead atoms. The molecule has 22 heavy (non-hydrogen) atoms. The first-order chi connectivity index (χ1) is 10.5. The fourth-order valence-electron chi connectivity index (χ4n) is 3.66. The molecule has 3 nitrogen and oxygen atoms in total. The van der Waals surface area contributed by atoms with E-state index in [0.29, 0.717) is 5.75 Å². The number of methoxy groups -OCH3 is 2. The van der Waals surface area contributed by atoms with Crippen molar-refractivity contribution >= 4 is 0 Å². The lowest BCUT2D eigenvalue weighted by atomic mass is 9.55. The molecule has 0 spiro atoms. The Bertz CT molecular complexity index is 723. The van der Waals surface area contributed by atoms with Gasteiger partial charge in [-0.1, -0.05) is 49.0 Å². The minimum Gasteiger partial charge on any atom is -0.496 e. The molecule has 2 aromatic rings. The second-order valence-electron chi connectivity index (χ2n) is 5.62. The molecular weight excluding hydrogens is 276 g/mol. The van der Waals surface area contributed by atoms with Gasteiger partial charge in [0.2, 0.25) is 0 Å². The van der Waals surface area contributed by atoms with Crippen molar-refractivity contribution in [1.29, 1.82) is 0 Å². The lowest BCUT2D eigenvalue weighted by Gasteiger charge is -2.57. The Labute approximate surface area is 130 Å². The minimum absolute atomic E-state index is 0.697. The quantitative estimate of drug-likeness (QED) is 0.879. The van der Waals surface area contributed by atoms with Crippen LogP contribution in [-0.4, -0.2) is 19.3 Å². The van der Waals surface area contributed by atoms with Gasteiger partial charge in [-0.05, 0) is 24.1 Å². The summed E-state index contributed by atoms with van der Waals surface area (Å²) < 4.78 is 11.3. The van der Waals surface area contributed by atoms with Crippen LogP contribution < -0.4 is 4.74 Å². The molecule has 0 heterocycles. The van der Waals surface area contributed by atoms with Crippen LogP contribution in [0.2, 0.25) is 0 Å². The summed E-state index contributed by atoms with van der Waals surface area (Å²) in [6, 6.07) is 15.2. The molecule has 1 N–H and O–H groups in total. The molecule has 0 fully saturated rings. The van der Waals surface area contributed by atoms with Gasteiger partial charge in [0.05, 0.1) is 7.11 Å². The average molecular weight is 296 g/mol. The van der Waals surface area contributed by atoms with Gasteiger partial charge in [0, 0.05) is 18.2 Å². The van der Waals surface area contributed by atoms with Crippen LogP contribution in [0.5, 0.6) is 5.75 Å². The van der Waals surface area contributed by atoms with Gasteiger partial charge >= 0.3 is 0 Å². The van der Waals surface area contributed by atoms with Crippen molar-refractivity contribution in [3.8, 4) is 5.75 Å². The zero-order valence-corrected chi connectivity index (χ0v) is 13.1. The Morgan fingerprint density at radius 1 is 1.05 bits per heavy atom. The minimum atomic E-state index is -1.28. The molecule has 0 aromatic heterocycles. The highest BCUT2D eigenvalue weighted by Gasteiger charge is 2.66. The topological polar surface area (TPSA) is 38.7 Å². The zero-order valence-electron chi connectivity index (χ0n) is 13.1. The number of hydrogen-bond acceptors (Lipinski definition) is 3. The molecule has 2 atom stereocenters. The molecule has 0 amide bonds. The van der Waals surface area contributed by atoms with E-state index in [4.69, 9.17) is 9.47 Å². The molecule has 0 aliphatic heterocycles. The number of ether oxygens (including phenoxy) is 2. The molecule has 0 saturated heterocycles. The van der Waals surface area contributed by atoms with Gasteiger partial charge in [-0.15, -0.1) is 0 Å². The first-order valence-corrected chi connectivity index (χ1v) is 7.21. The van der Waals surface area contributed by atoms with Crippen LogP contribution in [0.3, 0.4) is 0 Å². The van der Waals surface area contributed by atoms with Crippen molar-refractivity contribution in [2.45, 2.75) is 18.1 Å². The lowest BCUT2D eigenvalue weighted by Crippen LogP contribution is -2.61. The maximum Gasteiger partial charge on any atom is 0.154 e. The van der Waals surface area contributed by atoms with Gasteiger partial charge < -0.3 is 14.6 Å². The van der Waals surface area contributed by atoms with Gasteiger partial charge in [-0.3, -0.25) is 0 Å². The van der Waals surface area contributed by atoms with E-state index in [9.17, 15) is 5.11 Å². The van der Waals surface area contributed by atoms with E-state index in [0.717, 1.165) is 22.3 Å². The molecule has 2 aromatic carbocycles. The van der Waals surface area contributed by atoms with E-state index in [1.165, 1.54) is 0 Å². The summed E-state index contributed by atoms with van der Waals surface area (Å²) in [5, 5.41) is 11.6. The smallest absolute Gasteiger partial charge is 0.154 e. The summed E-state index contributed by atoms with van der Waals surface area (Å²) in [5.74, 6) is 0.697. The first-order valence-electron chi connectivity index (χ1n) is 7.21. The second kappa shape index (κ2) is 4.97. The van der Waals surface area contributed by atoms with Gasteiger partial charge in [0.15, 0.2) is 11.2 Å². The van der Waals surface area contributed by atoms with Crippen LogP contribution >= 0.6 is 0 Å². The van der Waals surface area contributed by atoms with Gasteiger partial charge in [-0.25, -0.2) is 0 Å². The summed E-state index contributed by atoms with van der Waals surface area (Å²) in [6.07, 6.45) is 0. The highest BCUT2D eigenvalue weighted by Crippen LogP contribution is 2.63. The standard InChI is InChI=1S/C19H20O3/c1-13(2)19(22-4)17-15(11-8-12-16(17)21-3)18(19,20)14-9-6-5-7-10-14/h5-12,20H,1H2,2-4H3. The lowest BCUT2D eigenvalue weighted by molar-refractivity contribution is -0.167. The highest BCUT2D eigenvalue weighted by molar-refractivity contribution is 5.66. The molecule has 0 radical (unpaired) electrons. The third-order valence-corrected chi connectivity index (χ3v) is 4.60. The number of rotatable bonds is 4. The maximum atomic E-state index is 11.6. The van der Waals surface area contributed by atoms with Crippen LogP contribution in [-0.2, 0) is 15.9 Å². The van der Waals surface area contributed by atoms with Gasteiger partial charge in [0.1, 0.15) is 5.75 Å². The SMILES string of the molecule is C=C(C)C1(OC)c2c(OC)cccc2C1(O)c1ccccc1. The van der Waals surface area contributed by atoms with Crippen LogP contribution in [0.4, 0.5) is 0 Å². The summed E-state index contributed by atoms with van der Waals surface area (Å²) in [5.41, 5.74) is 0.857. The van der Waals surface area contributed by atoms with Crippen molar-refractivity contribution in [3.63, 3.8) is 0 Å². The third kappa shape index (κ3) is 1.52. The predicted octanol–water partition coefficient (Wildman–Crippen LogP) is 3.36. The van der Waals surface area contributed by atoms with Crippen molar-refractivity contribution in [3.05, 3.63) is 77.4 Å². The first kappa shape index (κ1) is 14.8. The second-order valence-corrected chi connectivity index (χ2v) is 5.62. The number of benzene rings is 2. The molecule has 0 saturated carbocycles. The van der Waals surface area contributed by atoms with Crippen molar-refractivity contribution in [1.82, 2.24) is 0 Å². The average Bonchev–Trinajstić information content (AvgIpc) is 2.55. The Hall–Kier alpha value is -2.10. The van der Waals surface area contributed by atoms with E-state index in [1.807, 2.05) is 55.5 Å². The number of fused-ring (bicyclic) bond motifs is 1. The highest BCUT2D eigenvalue weighted by atomic mass is 16.5. The normalized spacial score (nSPS) is 26.0. The zero-order chi connectivity index (χ0) is 16.0. The third-order valence-electron chi connectivity index (χ3n) is 4.60. The van der Waals surface area contributed by atoms with Crippen molar-refractivity contribution < 1.29 is 14.6 Å². The van der Waals surface area contributed by atoms with Gasteiger partial charge in [0.25, 0.3) is 0 Å². The van der Waals surface area contributed by atoms with E-state index in [2.05, 4.69) is 6.58 Å². The maximum absolute atomic E-state index is 11.6. The Morgan fingerprint density at radius 3 is 2.27 bits per heavy atom. The summed E-state index contributed by atoms with van der Waals surface area (Å²) >= 11 is 0. The van der Waals surface area contributed by atoms with E-state index >= 15 is 0 Å². The molecule has 1 aliphatic rings. The monoisotopic (exact) mass is 296 g/mol. The molecule has 2 unspecified atom stereocenters. The Morgan fingerprint density at radius 2 is 1.73 bits per heavy atom. The van der Waals surface area contributed by atoms with Crippen molar-refractivity contribution in [2.75, 3.05) is 14.2 Å². The predicted molar refractivity (Wildman–Crippen MR) is 85.9 cm³/mol.